The van der Waals surface area contributed by atoms with Gasteiger partial charge in [-0.3, -0.25) is 4.98 Å². The molecule has 0 spiro atoms. The van der Waals surface area contributed by atoms with Crippen LogP contribution in [0.1, 0.15) is 11.1 Å². The number of benzene rings is 2. The van der Waals surface area contributed by atoms with Gasteiger partial charge in [-0.25, -0.2) is 0 Å². The lowest BCUT2D eigenvalue weighted by molar-refractivity contribution is 1.14. The van der Waals surface area contributed by atoms with E-state index in [9.17, 15) is 0 Å². The molecular formula is C17H15ClN2. The van der Waals surface area contributed by atoms with Crippen LogP contribution in [0.15, 0.2) is 60.8 Å². The number of alkyl halides is 1. The quantitative estimate of drug-likeness (QED) is 0.708. The van der Waals surface area contributed by atoms with Crippen LogP contribution < -0.4 is 5.32 Å². The molecule has 0 radical (unpaired) electrons. The molecule has 3 rings (SSSR count). The Kier molecular flexibility index (Phi) is 3.84. The Balaban J connectivity index is 1.79. The van der Waals surface area contributed by atoms with Crippen molar-refractivity contribution in [1.82, 2.24) is 4.98 Å². The van der Waals surface area contributed by atoms with E-state index in [1.807, 2.05) is 30.5 Å². The Hall–Kier alpha value is -2.06. The second kappa shape index (κ2) is 5.93. The third-order valence-electron chi connectivity index (χ3n) is 3.31. The van der Waals surface area contributed by atoms with E-state index < -0.39 is 0 Å². The first-order valence-corrected chi connectivity index (χ1v) is 7.11. The molecule has 0 aliphatic heterocycles. The number of hydrogen-bond donors (Lipinski definition) is 1. The minimum atomic E-state index is 0.558. The highest BCUT2D eigenvalue weighted by molar-refractivity contribution is 6.17. The number of nitrogens with one attached hydrogen (secondary N) is 1. The summed E-state index contributed by atoms with van der Waals surface area (Å²) in [6.07, 6.45) is 1.83. The third kappa shape index (κ3) is 2.75. The van der Waals surface area contributed by atoms with Crippen LogP contribution in [0.2, 0.25) is 0 Å². The van der Waals surface area contributed by atoms with Crippen LogP contribution in [0.4, 0.5) is 5.69 Å². The number of rotatable bonds is 4. The Morgan fingerprint density at radius 1 is 0.900 bits per heavy atom. The van der Waals surface area contributed by atoms with Gasteiger partial charge in [0.05, 0.1) is 5.52 Å². The highest BCUT2D eigenvalue weighted by Crippen LogP contribution is 2.21. The predicted octanol–water partition coefficient (Wildman–Crippen LogP) is 4.59. The highest BCUT2D eigenvalue weighted by Gasteiger charge is 2.01. The summed E-state index contributed by atoms with van der Waals surface area (Å²) in [5, 5.41) is 4.61. The summed E-state index contributed by atoms with van der Waals surface area (Å²) < 4.78 is 0. The van der Waals surface area contributed by atoms with Crippen molar-refractivity contribution in [2.45, 2.75) is 12.4 Å². The van der Waals surface area contributed by atoms with Crippen molar-refractivity contribution in [3.05, 3.63) is 71.9 Å². The Bertz CT molecular complexity index is 702. The molecule has 1 heterocycles. The van der Waals surface area contributed by atoms with Crippen molar-refractivity contribution in [1.29, 1.82) is 0 Å². The smallest absolute Gasteiger partial charge is 0.0722 e. The van der Waals surface area contributed by atoms with Gasteiger partial charge in [0.1, 0.15) is 0 Å². The molecule has 0 aliphatic carbocycles. The van der Waals surface area contributed by atoms with Gasteiger partial charge in [-0.1, -0.05) is 42.5 Å². The van der Waals surface area contributed by atoms with Gasteiger partial charge in [-0.15, -0.1) is 11.6 Å². The minimum Gasteiger partial charge on any atom is -0.380 e. The van der Waals surface area contributed by atoms with Crippen LogP contribution in [0.3, 0.4) is 0 Å². The summed E-state index contributed by atoms with van der Waals surface area (Å²) in [4.78, 5) is 4.36. The average molecular weight is 283 g/mol. The highest BCUT2D eigenvalue weighted by atomic mass is 35.5. The van der Waals surface area contributed by atoms with Crippen molar-refractivity contribution in [3.8, 4) is 0 Å². The second-order valence-electron chi connectivity index (χ2n) is 4.68. The molecule has 100 valence electrons. The van der Waals surface area contributed by atoms with E-state index in [0.29, 0.717) is 5.88 Å². The summed E-state index contributed by atoms with van der Waals surface area (Å²) >= 11 is 5.79. The first-order valence-electron chi connectivity index (χ1n) is 6.58. The van der Waals surface area contributed by atoms with Crippen molar-refractivity contribution in [2.24, 2.45) is 0 Å². The monoisotopic (exact) mass is 282 g/mol. The lowest BCUT2D eigenvalue weighted by Gasteiger charge is -2.09. The molecule has 3 heteroatoms. The second-order valence-corrected chi connectivity index (χ2v) is 4.95. The predicted molar refractivity (Wildman–Crippen MR) is 85.1 cm³/mol. The van der Waals surface area contributed by atoms with Crippen LogP contribution in [-0.2, 0) is 12.4 Å². The van der Waals surface area contributed by atoms with Crippen molar-refractivity contribution >= 4 is 28.2 Å². The number of nitrogens with zero attached hydrogens (tertiary/aromatic N) is 1. The zero-order valence-corrected chi connectivity index (χ0v) is 11.8. The number of anilines is 1. The summed E-state index contributed by atoms with van der Waals surface area (Å²) in [6.45, 7) is 0.788. The fraction of sp³-hybridized carbons (Fsp3) is 0.118. The van der Waals surface area contributed by atoms with E-state index in [-0.39, 0.29) is 0 Å². The first kappa shape index (κ1) is 12.9. The van der Waals surface area contributed by atoms with Gasteiger partial charge in [0, 0.05) is 29.7 Å². The lowest BCUT2D eigenvalue weighted by Crippen LogP contribution is -2.00. The number of halogens is 1. The molecule has 0 fully saturated rings. The van der Waals surface area contributed by atoms with Gasteiger partial charge in [-0.2, -0.15) is 0 Å². The zero-order valence-electron chi connectivity index (χ0n) is 11.0. The van der Waals surface area contributed by atoms with Crippen LogP contribution in [-0.4, -0.2) is 4.98 Å². The lowest BCUT2D eigenvalue weighted by atomic mass is 10.1. The molecule has 0 aliphatic rings. The number of hydrogen-bond acceptors (Lipinski definition) is 2. The maximum absolute atomic E-state index is 5.79. The molecule has 1 N–H and O–H groups in total. The molecule has 2 nitrogen and oxygen atoms in total. The van der Waals surface area contributed by atoms with Gasteiger partial charge in [0.25, 0.3) is 0 Å². The summed E-state index contributed by atoms with van der Waals surface area (Å²) in [7, 11) is 0. The van der Waals surface area contributed by atoms with E-state index >= 15 is 0 Å². The summed E-state index contributed by atoms with van der Waals surface area (Å²) in [5.41, 5.74) is 4.50. The molecule has 1 aromatic heterocycles. The molecule has 20 heavy (non-hydrogen) atoms. The number of aromatic nitrogens is 1. The van der Waals surface area contributed by atoms with E-state index in [1.54, 1.807) is 0 Å². The molecule has 0 saturated heterocycles. The fourth-order valence-corrected chi connectivity index (χ4v) is 2.37. The van der Waals surface area contributed by atoms with Gasteiger partial charge in [0.2, 0.25) is 0 Å². The summed E-state index contributed by atoms with van der Waals surface area (Å²) in [6, 6.07) is 18.5. The first-order chi connectivity index (χ1) is 9.86. The van der Waals surface area contributed by atoms with Crippen LogP contribution in [0.25, 0.3) is 10.9 Å². The van der Waals surface area contributed by atoms with Crippen molar-refractivity contribution < 1.29 is 0 Å². The van der Waals surface area contributed by atoms with Gasteiger partial charge < -0.3 is 5.32 Å². The minimum absolute atomic E-state index is 0.558. The van der Waals surface area contributed by atoms with E-state index in [2.05, 4.69) is 40.6 Å². The van der Waals surface area contributed by atoms with E-state index in [1.165, 1.54) is 5.56 Å². The number of pyridine rings is 1. The van der Waals surface area contributed by atoms with Crippen LogP contribution >= 0.6 is 11.6 Å². The molecule has 0 bridgehead atoms. The fourth-order valence-electron chi connectivity index (χ4n) is 2.19. The average Bonchev–Trinajstić information content (AvgIpc) is 2.53. The van der Waals surface area contributed by atoms with Gasteiger partial charge >= 0.3 is 0 Å². The number of para-hydroxylation sites is 1. The number of fused-ring (bicyclic) bond motifs is 1. The normalized spacial score (nSPS) is 10.7. The third-order valence-corrected chi connectivity index (χ3v) is 3.62. The van der Waals surface area contributed by atoms with Crippen LogP contribution in [0, 0.1) is 0 Å². The van der Waals surface area contributed by atoms with E-state index in [4.69, 9.17) is 11.6 Å². The maximum Gasteiger partial charge on any atom is 0.0722 e. The molecule has 0 saturated carbocycles. The van der Waals surface area contributed by atoms with Gasteiger partial charge in [0.15, 0.2) is 0 Å². The van der Waals surface area contributed by atoms with Gasteiger partial charge in [-0.05, 0) is 23.3 Å². The molecule has 3 aromatic rings. The Morgan fingerprint density at radius 3 is 2.45 bits per heavy atom. The molecular weight excluding hydrogens is 268 g/mol. The van der Waals surface area contributed by atoms with Crippen molar-refractivity contribution in [2.75, 3.05) is 5.32 Å². The SMILES string of the molecule is ClCc1ccc(CNc2ccnc3ccccc23)cc1. The molecule has 0 unspecified atom stereocenters. The Labute approximate surface area is 123 Å². The Morgan fingerprint density at radius 2 is 1.65 bits per heavy atom. The van der Waals surface area contributed by atoms with Crippen molar-refractivity contribution in [3.63, 3.8) is 0 Å². The standard InChI is InChI=1S/C17H15ClN2/c18-11-13-5-7-14(8-6-13)12-20-17-9-10-19-16-4-2-1-3-15(16)17/h1-10H,11-12H2,(H,19,20). The molecule has 0 amide bonds. The molecule has 2 aromatic carbocycles. The summed E-state index contributed by atoms with van der Waals surface area (Å²) in [5.74, 6) is 0.558. The van der Waals surface area contributed by atoms with Crippen LogP contribution in [0.5, 0.6) is 0 Å². The zero-order chi connectivity index (χ0) is 13.8. The topological polar surface area (TPSA) is 24.9 Å². The molecule has 0 atom stereocenters. The van der Waals surface area contributed by atoms with E-state index in [0.717, 1.165) is 28.7 Å². The largest absolute Gasteiger partial charge is 0.380 e. The maximum atomic E-state index is 5.79.